The molecule has 0 aliphatic heterocycles. The number of amides is 1. The van der Waals surface area contributed by atoms with E-state index >= 15 is 0 Å². The number of hydrogen-bond acceptors (Lipinski definition) is 4. The molecule has 15 heavy (non-hydrogen) atoms. The van der Waals surface area contributed by atoms with Crippen molar-refractivity contribution in [3.63, 3.8) is 0 Å². The Kier molecular flexibility index (Phi) is 3.84. The molecule has 1 amide bonds. The van der Waals surface area contributed by atoms with E-state index < -0.39 is 5.97 Å². The van der Waals surface area contributed by atoms with Crippen LogP contribution in [0.5, 0.6) is 0 Å². The molecule has 0 unspecified atom stereocenters. The first-order valence-electron chi connectivity index (χ1n) is 4.48. The Morgan fingerprint density at radius 2 is 2.33 bits per heavy atom. The quantitative estimate of drug-likeness (QED) is 0.773. The highest BCUT2D eigenvalue weighted by atomic mass is 16.4. The van der Waals surface area contributed by atoms with E-state index in [-0.39, 0.29) is 18.2 Å². The van der Waals surface area contributed by atoms with Gasteiger partial charge in [0.15, 0.2) is 0 Å². The van der Waals surface area contributed by atoms with Gasteiger partial charge in [-0.25, -0.2) is 4.98 Å². The van der Waals surface area contributed by atoms with Crippen molar-refractivity contribution < 1.29 is 19.1 Å². The van der Waals surface area contributed by atoms with Gasteiger partial charge in [0.1, 0.15) is 6.26 Å². The summed E-state index contributed by atoms with van der Waals surface area (Å²) >= 11 is 0. The van der Waals surface area contributed by atoms with Crippen LogP contribution in [0.4, 0.5) is 0 Å². The van der Waals surface area contributed by atoms with Gasteiger partial charge >= 0.3 is 11.9 Å². The topological polar surface area (TPSA) is 83.6 Å². The average molecular weight is 212 g/mol. The summed E-state index contributed by atoms with van der Waals surface area (Å²) < 4.78 is 4.83. The maximum absolute atomic E-state index is 11.5. The van der Waals surface area contributed by atoms with Gasteiger partial charge in [-0.1, -0.05) is 0 Å². The highest BCUT2D eigenvalue weighted by Gasteiger charge is 2.15. The number of aliphatic carboxylic acids is 1. The fraction of sp³-hybridized carbons (Fsp3) is 0.444. The fourth-order valence-electron chi connectivity index (χ4n) is 1.06. The maximum atomic E-state index is 11.5. The lowest BCUT2D eigenvalue weighted by Gasteiger charge is -2.13. The molecule has 1 aromatic rings. The lowest BCUT2D eigenvalue weighted by atomic mass is 10.3. The Morgan fingerprint density at radius 1 is 1.60 bits per heavy atom. The predicted octanol–water partition coefficient (Wildman–Crippen LogP) is 0.611. The summed E-state index contributed by atoms with van der Waals surface area (Å²) in [5.41, 5.74) is 0. The van der Waals surface area contributed by atoms with E-state index in [1.807, 2.05) is 0 Å². The van der Waals surface area contributed by atoms with Gasteiger partial charge in [0.05, 0.1) is 6.20 Å². The van der Waals surface area contributed by atoms with Crippen molar-refractivity contribution in [2.75, 3.05) is 13.6 Å². The van der Waals surface area contributed by atoms with E-state index in [1.165, 1.54) is 17.4 Å². The number of carbonyl (C=O) groups excluding carboxylic acids is 1. The third-order valence-electron chi connectivity index (χ3n) is 1.85. The Bertz CT molecular complexity index is 334. The predicted molar refractivity (Wildman–Crippen MR) is 50.3 cm³/mol. The summed E-state index contributed by atoms with van der Waals surface area (Å²) in [6, 6.07) is 0. The minimum atomic E-state index is -0.869. The van der Waals surface area contributed by atoms with Gasteiger partial charge in [-0.15, -0.1) is 0 Å². The van der Waals surface area contributed by atoms with Crippen LogP contribution in [0.3, 0.4) is 0 Å². The number of aromatic nitrogens is 1. The van der Waals surface area contributed by atoms with Crippen molar-refractivity contribution in [2.24, 2.45) is 0 Å². The van der Waals surface area contributed by atoms with E-state index in [9.17, 15) is 9.59 Å². The van der Waals surface area contributed by atoms with E-state index in [4.69, 9.17) is 9.52 Å². The molecule has 0 aromatic carbocycles. The van der Waals surface area contributed by atoms with E-state index in [0.29, 0.717) is 13.0 Å². The number of carbonyl (C=O) groups is 2. The summed E-state index contributed by atoms with van der Waals surface area (Å²) in [6.45, 7) is 0.369. The molecule has 6 heteroatoms. The molecule has 0 saturated heterocycles. The van der Waals surface area contributed by atoms with Crippen LogP contribution in [-0.4, -0.2) is 40.5 Å². The molecule has 1 N–H and O–H groups in total. The van der Waals surface area contributed by atoms with E-state index in [0.717, 1.165) is 0 Å². The van der Waals surface area contributed by atoms with Crippen LogP contribution in [-0.2, 0) is 4.79 Å². The van der Waals surface area contributed by atoms with Gasteiger partial charge < -0.3 is 14.4 Å². The first kappa shape index (κ1) is 11.2. The molecule has 6 nitrogen and oxygen atoms in total. The molecule has 1 aromatic heterocycles. The van der Waals surface area contributed by atoms with Crippen LogP contribution in [0, 0.1) is 0 Å². The molecule has 0 spiro atoms. The summed E-state index contributed by atoms with van der Waals surface area (Å²) in [7, 11) is 1.58. The number of carboxylic acids is 1. The molecule has 0 atom stereocenters. The van der Waals surface area contributed by atoms with Crippen molar-refractivity contribution in [3.8, 4) is 0 Å². The number of carboxylic acid groups (broad SMARTS) is 1. The normalized spacial score (nSPS) is 9.93. The zero-order valence-corrected chi connectivity index (χ0v) is 8.34. The lowest BCUT2D eigenvalue weighted by molar-refractivity contribution is -0.137. The van der Waals surface area contributed by atoms with E-state index in [1.54, 1.807) is 7.05 Å². The first-order chi connectivity index (χ1) is 7.11. The minimum Gasteiger partial charge on any atom is -0.481 e. The first-order valence-corrected chi connectivity index (χ1v) is 4.48. The van der Waals surface area contributed by atoms with Crippen LogP contribution in [0.1, 0.15) is 23.5 Å². The number of hydrogen-bond donors (Lipinski definition) is 1. The monoisotopic (exact) mass is 212 g/mol. The summed E-state index contributed by atoms with van der Waals surface area (Å²) in [5, 5.41) is 8.41. The molecule has 0 fully saturated rings. The number of rotatable bonds is 5. The van der Waals surface area contributed by atoms with Crippen LogP contribution in [0.15, 0.2) is 16.9 Å². The molecule has 0 bridgehead atoms. The highest BCUT2D eigenvalue weighted by molar-refractivity contribution is 5.89. The molecular weight excluding hydrogens is 200 g/mol. The van der Waals surface area contributed by atoms with Crippen LogP contribution in [0.25, 0.3) is 0 Å². The Labute approximate surface area is 86.5 Å². The van der Waals surface area contributed by atoms with Crippen molar-refractivity contribution in [3.05, 3.63) is 18.4 Å². The van der Waals surface area contributed by atoms with Gasteiger partial charge in [0.2, 0.25) is 0 Å². The molecule has 0 aliphatic carbocycles. The number of oxazole rings is 1. The Hall–Kier alpha value is -1.85. The average Bonchev–Trinajstić information content (AvgIpc) is 2.68. The van der Waals surface area contributed by atoms with Gasteiger partial charge in [0.25, 0.3) is 5.89 Å². The van der Waals surface area contributed by atoms with E-state index in [2.05, 4.69) is 4.98 Å². The largest absolute Gasteiger partial charge is 0.481 e. The van der Waals surface area contributed by atoms with Gasteiger partial charge in [-0.3, -0.25) is 9.59 Å². The molecule has 0 radical (unpaired) electrons. The SMILES string of the molecule is CN(CCCC(=O)O)C(=O)c1ncco1. The minimum absolute atomic E-state index is 0.0211. The van der Waals surface area contributed by atoms with Crippen molar-refractivity contribution in [2.45, 2.75) is 12.8 Å². The summed E-state index contributed by atoms with van der Waals surface area (Å²) in [6.07, 6.45) is 3.16. The Balaban J connectivity index is 2.37. The molecule has 0 saturated carbocycles. The van der Waals surface area contributed by atoms with Crippen molar-refractivity contribution in [1.82, 2.24) is 9.88 Å². The number of nitrogens with zero attached hydrogens (tertiary/aromatic N) is 2. The zero-order valence-electron chi connectivity index (χ0n) is 8.34. The van der Waals surface area contributed by atoms with Crippen molar-refractivity contribution >= 4 is 11.9 Å². The highest BCUT2D eigenvalue weighted by Crippen LogP contribution is 2.01. The van der Waals surface area contributed by atoms with Crippen molar-refractivity contribution in [1.29, 1.82) is 0 Å². The second-order valence-corrected chi connectivity index (χ2v) is 3.06. The maximum Gasteiger partial charge on any atom is 0.309 e. The second kappa shape index (κ2) is 5.14. The van der Waals surface area contributed by atoms with Crippen LogP contribution >= 0.6 is 0 Å². The zero-order chi connectivity index (χ0) is 11.3. The standard InChI is InChI=1S/C9H12N2O4/c1-11(5-2-3-7(12)13)9(14)8-10-4-6-15-8/h4,6H,2-3,5H2,1H3,(H,12,13). The third kappa shape index (κ3) is 3.41. The second-order valence-electron chi connectivity index (χ2n) is 3.06. The third-order valence-corrected chi connectivity index (χ3v) is 1.85. The van der Waals surface area contributed by atoms with Gasteiger partial charge in [-0.05, 0) is 6.42 Å². The van der Waals surface area contributed by atoms with Gasteiger partial charge in [-0.2, -0.15) is 0 Å². The van der Waals surface area contributed by atoms with Gasteiger partial charge in [0, 0.05) is 20.0 Å². The molecule has 82 valence electrons. The smallest absolute Gasteiger partial charge is 0.309 e. The molecule has 1 heterocycles. The Morgan fingerprint density at radius 3 is 2.87 bits per heavy atom. The molecular formula is C9H12N2O4. The van der Waals surface area contributed by atoms with Crippen LogP contribution < -0.4 is 0 Å². The van der Waals surface area contributed by atoms with Crippen LogP contribution in [0.2, 0.25) is 0 Å². The summed E-state index contributed by atoms with van der Waals surface area (Å²) in [5.74, 6) is -1.19. The summed E-state index contributed by atoms with van der Waals surface area (Å²) in [4.78, 5) is 26.8. The molecule has 1 rings (SSSR count). The fourth-order valence-corrected chi connectivity index (χ4v) is 1.06. The lowest BCUT2D eigenvalue weighted by Crippen LogP contribution is -2.28. The molecule has 0 aliphatic rings.